The first kappa shape index (κ1) is 17.3. The summed E-state index contributed by atoms with van der Waals surface area (Å²) < 4.78 is 14.7. The molecular weight excluding hydrogens is 341 g/mol. The second-order valence-corrected chi connectivity index (χ2v) is 6.71. The molecule has 1 heterocycles. The summed E-state index contributed by atoms with van der Waals surface area (Å²) in [7, 11) is 0. The minimum absolute atomic E-state index is 0.258. The first-order valence-electron chi connectivity index (χ1n) is 9.16. The summed E-state index contributed by atoms with van der Waals surface area (Å²) >= 11 is 0. The third-order valence-corrected chi connectivity index (χ3v) is 4.76. The number of fused-ring (bicyclic) bond motifs is 1. The van der Waals surface area contributed by atoms with Crippen molar-refractivity contribution in [2.24, 2.45) is 10.7 Å². The summed E-state index contributed by atoms with van der Waals surface area (Å²) in [4.78, 5) is 4.39. The summed E-state index contributed by atoms with van der Waals surface area (Å²) in [6.45, 7) is 0.546. The highest BCUT2D eigenvalue weighted by molar-refractivity contribution is 5.92. The van der Waals surface area contributed by atoms with Crippen LogP contribution in [0.1, 0.15) is 23.2 Å². The van der Waals surface area contributed by atoms with Crippen molar-refractivity contribution in [1.29, 1.82) is 0 Å². The first-order valence-corrected chi connectivity index (χ1v) is 9.16. The predicted molar refractivity (Wildman–Crippen MR) is 106 cm³/mol. The van der Waals surface area contributed by atoms with E-state index < -0.39 is 0 Å². The van der Waals surface area contributed by atoms with Crippen LogP contribution in [0.25, 0.3) is 5.69 Å². The van der Waals surface area contributed by atoms with E-state index in [1.54, 1.807) is 16.8 Å². The van der Waals surface area contributed by atoms with E-state index in [-0.39, 0.29) is 5.82 Å². The second kappa shape index (κ2) is 7.61. The van der Waals surface area contributed by atoms with Crippen molar-refractivity contribution in [2.45, 2.75) is 25.7 Å². The van der Waals surface area contributed by atoms with Gasteiger partial charge in [0.25, 0.3) is 0 Å². The van der Waals surface area contributed by atoms with Crippen LogP contribution in [0.2, 0.25) is 0 Å². The van der Waals surface area contributed by atoms with Gasteiger partial charge < -0.3 is 11.1 Å². The van der Waals surface area contributed by atoms with Crippen LogP contribution >= 0.6 is 0 Å². The van der Waals surface area contributed by atoms with Crippen molar-refractivity contribution in [3.63, 3.8) is 0 Å². The van der Waals surface area contributed by atoms with Gasteiger partial charge in [-0.3, -0.25) is 4.99 Å². The van der Waals surface area contributed by atoms with Gasteiger partial charge in [0.05, 0.1) is 11.4 Å². The Morgan fingerprint density at radius 3 is 2.78 bits per heavy atom. The smallest absolute Gasteiger partial charge is 0.193 e. The van der Waals surface area contributed by atoms with Crippen molar-refractivity contribution in [1.82, 2.24) is 9.78 Å². The molecule has 6 heteroatoms. The molecule has 0 atom stereocenters. The maximum atomic E-state index is 13.0. The maximum Gasteiger partial charge on any atom is 0.193 e. The molecule has 1 aliphatic rings. The van der Waals surface area contributed by atoms with Crippen LogP contribution in [0.3, 0.4) is 0 Å². The van der Waals surface area contributed by atoms with Gasteiger partial charge >= 0.3 is 0 Å². The Kier molecular flexibility index (Phi) is 4.87. The van der Waals surface area contributed by atoms with E-state index in [0.29, 0.717) is 18.9 Å². The van der Waals surface area contributed by atoms with E-state index >= 15 is 0 Å². The van der Waals surface area contributed by atoms with Gasteiger partial charge in [0.2, 0.25) is 0 Å². The van der Waals surface area contributed by atoms with E-state index in [0.717, 1.165) is 23.5 Å². The van der Waals surface area contributed by atoms with Crippen molar-refractivity contribution in [3.8, 4) is 5.69 Å². The second-order valence-electron chi connectivity index (χ2n) is 6.71. The number of halogens is 1. The Hall–Kier alpha value is -3.15. The third-order valence-electron chi connectivity index (χ3n) is 4.76. The molecule has 0 unspecified atom stereocenters. The molecule has 138 valence electrons. The highest BCUT2D eigenvalue weighted by Gasteiger charge is 2.10. The minimum Gasteiger partial charge on any atom is -0.370 e. The standard InChI is InChI=1S/C21H22FN5/c22-17-5-8-20(9-6-17)27-13-11-18(26-27)10-12-24-21(23)25-19-7-4-15-2-1-3-16(15)14-19/h4-9,11,13-14H,1-3,10,12H2,(H3,23,24,25). The van der Waals surface area contributed by atoms with Crippen molar-refractivity contribution >= 4 is 11.6 Å². The molecule has 4 rings (SSSR count). The molecule has 3 N–H and O–H groups in total. The third kappa shape index (κ3) is 4.16. The molecule has 1 aromatic heterocycles. The van der Waals surface area contributed by atoms with E-state index in [9.17, 15) is 4.39 Å². The zero-order chi connectivity index (χ0) is 18.6. The van der Waals surface area contributed by atoms with Gasteiger partial charge in [-0.05, 0) is 72.9 Å². The zero-order valence-electron chi connectivity index (χ0n) is 15.0. The van der Waals surface area contributed by atoms with Crippen LogP contribution in [-0.2, 0) is 19.3 Å². The van der Waals surface area contributed by atoms with Crippen LogP contribution in [0.15, 0.2) is 59.7 Å². The molecule has 0 aliphatic heterocycles. The lowest BCUT2D eigenvalue weighted by Gasteiger charge is -2.07. The molecule has 0 spiro atoms. The highest BCUT2D eigenvalue weighted by atomic mass is 19.1. The number of nitrogens with zero attached hydrogens (tertiary/aromatic N) is 3. The molecule has 27 heavy (non-hydrogen) atoms. The van der Waals surface area contributed by atoms with Gasteiger partial charge in [0, 0.05) is 24.8 Å². The lowest BCUT2D eigenvalue weighted by atomic mass is 10.1. The van der Waals surface area contributed by atoms with Crippen LogP contribution in [0, 0.1) is 5.82 Å². The molecule has 0 radical (unpaired) electrons. The average Bonchev–Trinajstić information content (AvgIpc) is 3.31. The number of rotatable bonds is 5. The van der Waals surface area contributed by atoms with Gasteiger partial charge in [-0.25, -0.2) is 9.07 Å². The predicted octanol–water partition coefficient (Wildman–Crippen LogP) is 3.47. The molecule has 0 saturated carbocycles. The van der Waals surface area contributed by atoms with Gasteiger partial charge in [-0.15, -0.1) is 0 Å². The molecular formula is C21H22FN5. The zero-order valence-corrected chi connectivity index (χ0v) is 15.0. The SMILES string of the molecule is NC(=NCCc1ccn(-c2ccc(F)cc2)n1)Nc1ccc2c(c1)CCC2. The maximum absolute atomic E-state index is 13.0. The van der Waals surface area contributed by atoms with Gasteiger partial charge in [0.1, 0.15) is 5.82 Å². The van der Waals surface area contributed by atoms with Gasteiger partial charge in [-0.1, -0.05) is 6.07 Å². The monoisotopic (exact) mass is 363 g/mol. The van der Waals surface area contributed by atoms with Crippen molar-refractivity contribution < 1.29 is 4.39 Å². The van der Waals surface area contributed by atoms with Crippen molar-refractivity contribution in [3.05, 3.63) is 77.4 Å². The summed E-state index contributed by atoms with van der Waals surface area (Å²) in [5.74, 6) is 0.151. The molecule has 0 amide bonds. The summed E-state index contributed by atoms with van der Waals surface area (Å²) in [5, 5.41) is 7.65. The number of benzene rings is 2. The van der Waals surface area contributed by atoms with Crippen LogP contribution in [0.4, 0.5) is 10.1 Å². The summed E-state index contributed by atoms with van der Waals surface area (Å²) in [6, 6.07) is 14.6. The highest BCUT2D eigenvalue weighted by Crippen LogP contribution is 2.24. The van der Waals surface area contributed by atoms with E-state index in [2.05, 4.69) is 33.6 Å². The number of guanidine groups is 1. The van der Waals surface area contributed by atoms with Crippen molar-refractivity contribution in [2.75, 3.05) is 11.9 Å². The van der Waals surface area contributed by atoms with Crippen LogP contribution < -0.4 is 11.1 Å². The Morgan fingerprint density at radius 1 is 1.11 bits per heavy atom. The topological polar surface area (TPSA) is 68.2 Å². The molecule has 0 saturated heterocycles. The molecule has 1 aliphatic carbocycles. The minimum atomic E-state index is -0.258. The first-order chi connectivity index (χ1) is 13.2. The number of nitrogens with one attached hydrogen (secondary N) is 1. The van der Waals surface area contributed by atoms with Gasteiger partial charge in [-0.2, -0.15) is 5.10 Å². The number of nitrogens with two attached hydrogens (primary N) is 1. The molecule has 5 nitrogen and oxygen atoms in total. The quantitative estimate of drug-likeness (QED) is 0.539. The lowest BCUT2D eigenvalue weighted by Crippen LogP contribution is -2.23. The Labute approximate surface area is 157 Å². The lowest BCUT2D eigenvalue weighted by molar-refractivity contribution is 0.627. The van der Waals surface area contributed by atoms with E-state index in [4.69, 9.17) is 5.73 Å². The fourth-order valence-electron chi connectivity index (χ4n) is 3.36. The number of hydrogen-bond acceptors (Lipinski definition) is 2. The summed E-state index contributed by atoms with van der Waals surface area (Å²) in [6.07, 6.45) is 6.08. The summed E-state index contributed by atoms with van der Waals surface area (Å²) in [5.41, 5.74) is 11.6. The number of aliphatic imine (C=N–C) groups is 1. The Balaban J connectivity index is 1.33. The Morgan fingerprint density at radius 2 is 1.93 bits per heavy atom. The molecule has 2 aromatic carbocycles. The Bertz CT molecular complexity index is 959. The number of anilines is 1. The van der Waals surface area contributed by atoms with E-state index in [1.165, 1.54) is 36.1 Å². The fraction of sp³-hybridized carbons (Fsp3) is 0.238. The van der Waals surface area contributed by atoms with E-state index in [1.807, 2.05) is 12.3 Å². The average molecular weight is 363 g/mol. The normalized spacial score (nSPS) is 13.6. The molecule has 0 bridgehead atoms. The molecule has 0 fully saturated rings. The van der Waals surface area contributed by atoms with Crippen LogP contribution in [-0.4, -0.2) is 22.3 Å². The largest absolute Gasteiger partial charge is 0.370 e. The molecule has 3 aromatic rings. The number of hydrogen-bond donors (Lipinski definition) is 2. The van der Waals surface area contributed by atoms with Gasteiger partial charge in [0.15, 0.2) is 5.96 Å². The number of aromatic nitrogens is 2. The fourth-order valence-corrected chi connectivity index (χ4v) is 3.36. The van der Waals surface area contributed by atoms with Crippen LogP contribution in [0.5, 0.6) is 0 Å². The number of aryl methyl sites for hydroxylation is 2.